The molecule has 0 heterocycles. The number of carbonyl (C=O) groups excluding carboxylic acids is 1. The lowest BCUT2D eigenvalue weighted by Gasteiger charge is -2.13. The summed E-state index contributed by atoms with van der Waals surface area (Å²) in [7, 11) is 0. The van der Waals surface area contributed by atoms with E-state index in [1.54, 1.807) is 19.1 Å². The van der Waals surface area contributed by atoms with Gasteiger partial charge in [-0.05, 0) is 43.4 Å². The third kappa shape index (κ3) is 9.56. The lowest BCUT2D eigenvalue weighted by molar-refractivity contribution is 0.0526. The van der Waals surface area contributed by atoms with Crippen molar-refractivity contribution in [3.8, 4) is 0 Å². The molecule has 0 bridgehead atoms. The van der Waals surface area contributed by atoms with Crippen LogP contribution in [0.25, 0.3) is 0 Å². The highest BCUT2D eigenvalue weighted by molar-refractivity contribution is 5.89. The van der Waals surface area contributed by atoms with Crippen LogP contribution in [0, 0.1) is 5.92 Å². The van der Waals surface area contributed by atoms with Crippen LogP contribution in [-0.4, -0.2) is 12.6 Å². The molecule has 1 aromatic carbocycles. The van der Waals surface area contributed by atoms with Crippen molar-refractivity contribution in [3.63, 3.8) is 0 Å². The van der Waals surface area contributed by atoms with E-state index in [1.165, 1.54) is 0 Å². The summed E-state index contributed by atoms with van der Waals surface area (Å²) < 4.78 is 4.94. The number of rotatable bonds is 6. The fourth-order valence-electron chi connectivity index (χ4n) is 1.76. The Morgan fingerprint density at radius 2 is 1.55 bits per heavy atom. The summed E-state index contributed by atoms with van der Waals surface area (Å²) in [6.07, 6.45) is 2.08. The molecule has 0 aliphatic carbocycles. The van der Waals surface area contributed by atoms with Gasteiger partial charge >= 0.3 is 5.97 Å². The molecule has 1 unspecified atom stereocenters. The van der Waals surface area contributed by atoms with E-state index in [9.17, 15) is 4.79 Å². The number of carbonyl (C=O) groups is 1. The summed E-state index contributed by atoms with van der Waals surface area (Å²) in [5.74, 6) is 0.384. The maximum absolute atomic E-state index is 11.5. The Hall–Kier alpha value is -1.35. The standard InChI is InChI=1S/C15H23NO2.2C2H6/c1-4-18-15(17)13-8-6-12(7-9-13)14(16)10-5-11(2)3;2*1-2/h6-9,11,14H,4-5,10,16H2,1-3H3;2*1-2H3. The predicted molar refractivity (Wildman–Crippen MR) is 96.1 cm³/mol. The van der Waals surface area contributed by atoms with Crippen molar-refractivity contribution in [2.24, 2.45) is 11.7 Å². The molecule has 3 nitrogen and oxygen atoms in total. The zero-order chi connectivity index (χ0) is 17.5. The van der Waals surface area contributed by atoms with Gasteiger partial charge in [0.25, 0.3) is 0 Å². The lowest BCUT2D eigenvalue weighted by Crippen LogP contribution is -2.12. The van der Waals surface area contributed by atoms with Gasteiger partial charge in [-0.2, -0.15) is 0 Å². The largest absolute Gasteiger partial charge is 0.462 e. The summed E-state index contributed by atoms with van der Waals surface area (Å²) in [5, 5.41) is 0. The second-order valence-electron chi connectivity index (χ2n) is 4.92. The molecule has 0 aliphatic rings. The van der Waals surface area contributed by atoms with Crippen molar-refractivity contribution in [1.82, 2.24) is 0 Å². The lowest BCUT2D eigenvalue weighted by atomic mass is 9.98. The average Bonchev–Trinajstić information content (AvgIpc) is 2.56. The molecule has 1 aromatic rings. The molecule has 0 aromatic heterocycles. The zero-order valence-electron chi connectivity index (χ0n) is 15.5. The van der Waals surface area contributed by atoms with E-state index in [0.29, 0.717) is 18.1 Å². The van der Waals surface area contributed by atoms with Crippen molar-refractivity contribution < 1.29 is 9.53 Å². The Morgan fingerprint density at radius 1 is 1.05 bits per heavy atom. The van der Waals surface area contributed by atoms with Gasteiger partial charge in [-0.1, -0.05) is 53.7 Å². The molecule has 128 valence electrons. The summed E-state index contributed by atoms with van der Waals surface area (Å²) in [6, 6.07) is 7.43. The summed E-state index contributed by atoms with van der Waals surface area (Å²) >= 11 is 0. The molecule has 0 saturated heterocycles. The Morgan fingerprint density at radius 3 is 1.95 bits per heavy atom. The molecule has 0 spiro atoms. The first kappa shape index (κ1) is 22.9. The quantitative estimate of drug-likeness (QED) is 0.720. The fraction of sp³-hybridized carbons (Fsp3) is 0.632. The SMILES string of the molecule is CC.CC.CCOC(=O)c1ccc(C(N)CCC(C)C)cc1. The van der Waals surface area contributed by atoms with Gasteiger partial charge in [0, 0.05) is 6.04 Å². The van der Waals surface area contributed by atoms with Crippen LogP contribution in [0.1, 0.15) is 83.3 Å². The van der Waals surface area contributed by atoms with Crippen molar-refractivity contribution >= 4 is 5.97 Å². The minimum absolute atomic E-state index is 0.0450. The average molecular weight is 309 g/mol. The molecule has 0 saturated carbocycles. The molecule has 1 rings (SSSR count). The Balaban J connectivity index is 0. The normalized spacial score (nSPS) is 10.8. The monoisotopic (exact) mass is 309 g/mol. The van der Waals surface area contributed by atoms with Crippen LogP contribution in [-0.2, 0) is 4.74 Å². The molecular formula is C19H35NO2. The van der Waals surface area contributed by atoms with Gasteiger partial charge in [0.2, 0.25) is 0 Å². The molecular weight excluding hydrogens is 274 g/mol. The number of ether oxygens (including phenoxy) is 1. The van der Waals surface area contributed by atoms with E-state index in [2.05, 4.69) is 13.8 Å². The number of benzene rings is 1. The van der Waals surface area contributed by atoms with E-state index in [0.717, 1.165) is 18.4 Å². The third-order valence-electron chi connectivity index (χ3n) is 2.90. The van der Waals surface area contributed by atoms with Gasteiger partial charge < -0.3 is 10.5 Å². The smallest absolute Gasteiger partial charge is 0.338 e. The van der Waals surface area contributed by atoms with Crippen LogP contribution in [0.3, 0.4) is 0 Å². The van der Waals surface area contributed by atoms with E-state index >= 15 is 0 Å². The van der Waals surface area contributed by atoms with E-state index < -0.39 is 0 Å². The number of nitrogens with two attached hydrogens (primary N) is 1. The van der Waals surface area contributed by atoms with Gasteiger partial charge in [0.1, 0.15) is 0 Å². The van der Waals surface area contributed by atoms with E-state index in [4.69, 9.17) is 10.5 Å². The summed E-state index contributed by atoms with van der Waals surface area (Å²) in [6.45, 7) is 14.6. The molecule has 0 fully saturated rings. The topological polar surface area (TPSA) is 52.3 Å². The maximum atomic E-state index is 11.5. The molecule has 0 aliphatic heterocycles. The maximum Gasteiger partial charge on any atom is 0.338 e. The predicted octanol–water partition coefficient (Wildman–Crippen LogP) is 5.35. The van der Waals surface area contributed by atoms with Crippen LogP contribution in [0.4, 0.5) is 0 Å². The highest BCUT2D eigenvalue weighted by Crippen LogP contribution is 2.19. The summed E-state index contributed by atoms with van der Waals surface area (Å²) in [4.78, 5) is 11.5. The number of hydrogen-bond donors (Lipinski definition) is 1. The molecule has 0 radical (unpaired) electrons. The molecule has 1 atom stereocenters. The molecule has 2 N–H and O–H groups in total. The fourth-order valence-corrected chi connectivity index (χ4v) is 1.76. The van der Waals surface area contributed by atoms with Crippen LogP contribution in [0.15, 0.2) is 24.3 Å². The van der Waals surface area contributed by atoms with Gasteiger partial charge in [-0.25, -0.2) is 4.79 Å². The van der Waals surface area contributed by atoms with Gasteiger partial charge in [0.05, 0.1) is 12.2 Å². The zero-order valence-corrected chi connectivity index (χ0v) is 15.5. The first-order valence-corrected chi connectivity index (χ1v) is 8.57. The van der Waals surface area contributed by atoms with Crippen LogP contribution in [0.2, 0.25) is 0 Å². The van der Waals surface area contributed by atoms with Crippen LogP contribution in [0.5, 0.6) is 0 Å². The second-order valence-corrected chi connectivity index (χ2v) is 4.92. The minimum Gasteiger partial charge on any atom is -0.462 e. The van der Waals surface area contributed by atoms with Crippen LogP contribution >= 0.6 is 0 Å². The van der Waals surface area contributed by atoms with Crippen molar-refractivity contribution in [1.29, 1.82) is 0 Å². The molecule has 3 heteroatoms. The number of hydrogen-bond acceptors (Lipinski definition) is 3. The summed E-state index contributed by atoms with van der Waals surface area (Å²) in [5.41, 5.74) is 7.77. The van der Waals surface area contributed by atoms with Gasteiger partial charge in [-0.15, -0.1) is 0 Å². The third-order valence-corrected chi connectivity index (χ3v) is 2.90. The number of esters is 1. The van der Waals surface area contributed by atoms with E-state index in [1.807, 2.05) is 39.8 Å². The first-order chi connectivity index (χ1) is 10.5. The van der Waals surface area contributed by atoms with Crippen molar-refractivity contribution in [2.75, 3.05) is 6.61 Å². The second kappa shape index (κ2) is 14.6. The van der Waals surface area contributed by atoms with E-state index in [-0.39, 0.29) is 12.0 Å². The van der Waals surface area contributed by atoms with Gasteiger partial charge in [0.15, 0.2) is 0 Å². The Labute approximate surface area is 137 Å². The first-order valence-electron chi connectivity index (χ1n) is 8.57. The highest BCUT2D eigenvalue weighted by Gasteiger charge is 2.09. The van der Waals surface area contributed by atoms with Crippen LogP contribution < -0.4 is 5.73 Å². The van der Waals surface area contributed by atoms with Crippen molar-refractivity contribution in [2.45, 2.75) is 67.3 Å². The Kier molecular flexibility index (Phi) is 15.2. The molecule has 0 amide bonds. The van der Waals surface area contributed by atoms with Gasteiger partial charge in [-0.3, -0.25) is 0 Å². The van der Waals surface area contributed by atoms with Crippen molar-refractivity contribution in [3.05, 3.63) is 35.4 Å². The minimum atomic E-state index is -0.278. The molecule has 22 heavy (non-hydrogen) atoms. The highest BCUT2D eigenvalue weighted by atomic mass is 16.5. The Bertz CT molecular complexity index is 372.